The second kappa shape index (κ2) is 4.97. The van der Waals surface area contributed by atoms with E-state index in [0.29, 0.717) is 5.56 Å². The molecule has 0 bridgehead atoms. The standard InChI is InChI=1S/C10H12BrN3/c1-3-14(4-2)10-9(11)5-8(6-12)7-13-10/h5,7H,3-4H2,1-2H3. The number of halogens is 1. The van der Waals surface area contributed by atoms with Crippen LogP contribution < -0.4 is 4.90 Å². The maximum Gasteiger partial charge on any atom is 0.142 e. The lowest BCUT2D eigenvalue weighted by atomic mass is 10.3. The number of nitrogens with zero attached hydrogens (tertiary/aromatic N) is 3. The number of anilines is 1. The minimum Gasteiger partial charge on any atom is -0.356 e. The van der Waals surface area contributed by atoms with Crippen LogP contribution in [0.15, 0.2) is 16.7 Å². The first kappa shape index (κ1) is 11.0. The van der Waals surface area contributed by atoms with Gasteiger partial charge in [-0.25, -0.2) is 4.98 Å². The highest BCUT2D eigenvalue weighted by molar-refractivity contribution is 9.10. The first-order valence-electron chi connectivity index (χ1n) is 4.53. The van der Waals surface area contributed by atoms with E-state index in [1.54, 1.807) is 12.3 Å². The Morgan fingerprint density at radius 2 is 2.14 bits per heavy atom. The number of hydrogen-bond donors (Lipinski definition) is 0. The molecular formula is C10H12BrN3. The zero-order chi connectivity index (χ0) is 10.6. The largest absolute Gasteiger partial charge is 0.356 e. The molecule has 14 heavy (non-hydrogen) atoms. The van der Waals surface area contributed by atoms with Crippen molar-refractivity contribution in [3.8, 4) is 6.07 Å². The van der Waals surface area contributed by atoms with Crippen molar-refractivity contribution in [2.45, 2.75) is 13.8 Å². The molecule has 3 nitrogen and oxygen atoms in total. The van der Waals surface area contributed by atoms with Gasteiger partial charge in [0.25, 0.3) is 0 Å². The molecule has 0 aromatic carbocycles. The fraction of sp³-hybridized carbons (Fsp3) is 0.400. The zero-order valence-corrected chi connectivity index (χ0v) is 9.87. The van der Waals surface area contributed by atoms with E-state index in [2.05, 4.69) is 45.7 Å². The van der Waals surface area contributed by atoms with Crippen LogP contribution in [0.5, 0.6) is 0 Å². The zero-order valence-electron chi connectivity index (χ0n) is 8.29. The van der Waals surface area contributed by atoms with E-state index >= 15 is 0 Å². The Morgan fingerprint density at radius 1 is 1.50 bits per heavy atom. The highest BCUT2D eigenvalue weighted by atomic mass is 79.9. The maximum absolute atomic E-state index is 8.68. The van der Waals surface area contributed by atoms with Gasteiger partial charge in [-0.15, -0.1) is 0 Å². The summed E-state index contributed by atoms with van der Waals surface area (Å²) in [6, 6.07) is 3.85. The summed E-state index contributed by atoms with van der Waals surface area (Å²) in [5.74, 6) is 0.897. The van der Waals surface area contributed by atoms with Gasteiger partial charge in [0.15, 0.2) is 0 Å². The summed E-state index contributed by atoms with van der Waals surface area (Å²) >= 11 is 3.41. The highest BCUT2D eigenvalue weighted by Gasteiger charge is 2.08. The molecule has 0 fully saturated rings. The Morgan fingerprint density at radius 3 is 2.57 bits per heavy atom. The summed E-state index contributed by atoms with van der Waals surface area (Å²) in [6.45, 7) is 5.98. The fourth-order valence-electron chi connectivity index (χ4n) is 1.25. The van der Waals surface area contributed by atoms with Crippen molar-refractivity contribution >= 4 is 21.7 Å². The first-order valence-corrected chi connectivity index (χ1v) is 5.32. The summed E-state index contributed by atoms with van der Waals surface area (Å²) in [5, 5.41) is 8.68. The fourth-order valence-corrected chi connectivity index (χ4v) is 1.85. The third kappa shape index (κ3) is 2.24. The number of pyridine rings is 1. The molecule has 1 aromatic heterocycles. The van der Waals surface area contributed by atoms with E-state index in [4.69, 9.17) is 5.26 Å². The Hall–Kier alpha value is -1.08. The second-order valence-corrected chi connectivity index (χ2v) is 3.67. The quantitative estimate of drug-likeness (QED) is 0.832. The van der Waals surface area contributed by atoms with Crippen LogP contribution in [0.4, 0.5) is 5.82 Å². The number of aromatic nitrogens is 1. The third-order valence-corrected chi connectivity index (χ3v) is 2.60. The smallest absolute Gasteiger partial charge is 0.142 e. The van der Waals surface area contributed by atoms with E-state index in [1.807, 2.05) is 0 Å². The van der Waals surface area contributed by atoms with E-state index in [-0.39, 0.29) is 0 Å². The Bertz CT molecular complexity index is 353. The van der Waals surface area contributed by atoms with Crippen LogP contribution in [0.3, 0.4) is 0 Å². The van der Waals surface area contributed by atoms with Crippen LogP contribution >= 0.6 is 15.9 Å². The molecule has 0 amide bonds. The molecule has 0 saturated heterocycles. The summed E-state index contributed by atoms with van der Waals surface area (Å²) in [7, 11) is 0. The van der Waals surface area contributed by atoms with Gasteiger partial charge in [-0.3, -0.25) is 0 Å². The van der Waals surface area contributed by atoms with E-state index in [1.165, 1.54) is 0 Å². The van der Waals surface area contributed by atoms with E-state index < -0.39 is 0 Å². The van der Waals surface area contributed by atoms with Gasteiger partial charge in [0, 0.05) is 19.3 Å². The topological polar surface area (TPSA) is 39.9 Å². The lowest BCUT2D eigenvalue weighted by Crippen LogP contribution is -2.23. The maximum atomic E-state index is 8.68. The molecule has 0 aliphatic rings. The monoisotopic (exact) mass is 253 g/mol. The van der Waals surface area contributed by atoms with Crippen molar-refractivity contribution < 1.29 is 0 Å². The molecule has 1 rings (SSSR count). The molecule has 0 atom stereocenters. The third-order valence-electron chi connectivity index (χ3n) is 2.01. The molecule has 0 aliphatic heterocycles. The van der Waals surface area contributed by atoms with Gasteiger partial charge in [0.1, 0.15) is 11.9 Å². The van der Waals surface area contributed by atoms with Gasteiger partial charge in [-0.05, 0) is 35.8 Å². The van der Waals surface area contributed by atoms with Gasteiger partial charge >= 0.3 is 0 Å². The molecule has 4 heteroatoms. The van der Waals surface area contributed by atoms with E-state index in [0.717, 1.165) is 23.4 Å². The number of nitriles is 1. The first-order chi connectivity index (χ1) is 6.72. The average molecular weight is 254 g/mol. The molecular weight excluding hydrogens is 242 g/mol. The molecule has 0 spiro atoms. The van der Waals surface area contributed by atoms with Crippen LogP contribution in [0.25, 0.3) is 0 Å². The van der Waals surface area contributed by atoms with Crippen molar-refractivity contribution in [3.05, 3.63) is 22.3 Å². The van der Waals surface area contributed by atoms with Crippen molar-refractivity contribution in [1.29, 1.82) is 5.26 Å². The van der Waals surface area contributed by atoms with Crippen LogP contribution in [-0.4, -0.2) is 18.1 Å². The lowest BCUT2D eigenvalue weighted by Gasteiger charge is -2.20. The molecule has 0 unspecified atom stereocenters. The molecule has 1 aromatic rings. The van der Waals surface area contributed by atoms with Crippen LogP contribution in [-0.2, 0) is 0 Å². The van der Waals surface area contributed by atoms with Crippen molar-refractivity contribution in [3.63, 3.8) is 0 Å². The summed E-state index contributed by atoms with van der Waals surface area (Å²) in [4.78, 5) is 6.38. The minimum absolute atomic E-state index is 0.577. The van der Waals surface area contributed by atoms with Crippen molar-refractivity contribution in [2.24, 2.45) is 0 Å². The summed E-state index contributed by atoms with van der Waals surface area (Å²) in [5.41, 5.74) is 0.577. The molecule has 1 heterocycles. The van der Waals surface area contributed by atoms with Gasteiger partial charge in [0.05, 0.1) is 10.0 Å². The van der Waals surface area contributed by atoms with Crippen LogP contribution in [0, 0.1) is 11.3 Å². The highest BCUT2D eigenvalue weighted by Crippen LogP contribution is 2.23. The van der Waals surface area contributed by atoms with Gasteiger partial charge in [-0.1, -0.05) is 0 Å². The Kier molecular flexibility index (Phi) is 3.90. The predicted molar refractivity (Wildman–Crippen MR) is 60.2 cm³/mol. The average Bonchev–Trinajstić information content (AvgIpc) is 2.22. The molecule has 0 N–H and O–H groups in total. The predicted octanol–water partition coefficient (Wildman–Crippen LogP) is 2.56. The van der Waals surface area contributed by atoms with Crippen LogP contribution in [0.1, 0.15) is 19.4 Å². The summed E-state index contributed by atoms with van der Waals surface area (Å²) in [6.07, 6.45) is 1.60. The molecule has 0 radical (unpaired) electrons. The van der Waals surface area contributed by atoms with Crippen molar-refractivity contribution in [1.82, 2.24) is 4.98 Å². The normalized spacial score (nSPS) is 9.57. The lowest BCUT2D eigenvalue weighted by molar-refractivity contribution is 0.842. The number of hydrogen-bond acceptors (Lipinski definition) is 3. The molecule has 0 saturated carbocycles. The van der Waals surface area contributed by atoms with Gasteiger partial charge < -0.3 is 4.90 Å². The SMILES string of the molecule is CCN(CC)c1ncc(C#N)cc1Br. The minimum atomic E-state index is 0.577. The van der Waals surface area contributed by atoms with Gasteiger partial charge in [0.2, 0.25) is 0 Å². The van der Waals surface area contributed by atoms with E-state index in [9.17, 15) is 0 Å². The van der Waals surface area contributed by atoms with Crippen molar-refractivity contribution in [2.75, 3.05) is 18.0 Å². The summed E-state index contributed by atoms with van der Waals surface area (Å²) < 4.78 is 0.875. The van der Waals surface area contributed by atoms with Crippen LogP contribution in [0.2, 0.25) is 0 Å². The Balaban J connectivity index is 3.05. The number of rotatable bonds is 3. The Labute approximate surface area is 92.5 Å². The molecule has 74 valence electrons. The molecule has 0 aliphatic carbocycles. The van der Waals surface area contributed by atoms with Gasteiger partial charge in [-0.2, -0.15) is 5.26 Å². The second-order valence-electron chi connectivity index (χ2n) is 2.81.